The predicted molar refractivity (Wildman–Crippen MR) is 114 cm³/mol. The fraction of sp³-hybridized carbons (Fsp3) is 0.250. The molecule has 3 aromatic carbocycles. The summed E-state index contributed by atoms with van der Waals surface area (Å²) in [6.07, 6.45) is -12.0. The number of aliphatic hydroxyl groups is 1. The summed E-state index contributed by atoms with van der Waals surface area (Å²) in [5, 5.41) is 9.68. The molecular weight excluding hydrogens is 464 g/mol. The van der Waals surface area contributed by atoms with Crippen LogP contribution in [0.3, 0.4) is 0 Å². The molecule has 1 atom stereocenters. The molecule has 0 saturated heterocycles. The highest BCUT2D eigenvalue weighted by Gasteiger charge is 2.39. The molecular formula is C24H21F6NO3. The molecule has 0 aliphatic carbocycles. The van der Waals surface area contributed by atoms with Crippen molar-refractivity contribution >= 4 is 5.69 Å². The Bertz CT molecular complexity index is 1060. The maximum atomic E-state index is 13.1. The van der Waals surface area contributed by atoms with Crippen LogP contribution in [0.4, 0.5) is 32.0 Å². The van der Waals surface area contributed by atoms with Crippen LogP contribution >= 0.6 is 0 Å². The molecule has 0 spiro atoms. The molecule has 0 amide bonds. The molecule has 4 nitrogen and oxygen atoms in total. The molecule has 10 heteroatoms. The van der Waals surface area contributed by atoms with Gasteiger partial charge in [-0.05, 0) is 42.0 Å². The predicted octanol–water partition coefficient (Wildman–Crippen LogP) is 6.35. The van der Waals surface area contributed by atoms with Gasteiger partial charge >= 0.3 is 12.4 Å². The topological polar surface area (TPSA) is 41.9 Å². The van der Waals surface area contributed by atoms with Crippen molar-refractivity contribution in [1.29, 1.82) is 0 Å². The van der Waals surface area contributed by atoms with Crippen molar-refractivity contribution in [2.24, 2.45) is 0 Å². The van der Waals surface area contributed by atoms with Crippen LogP contribution < -0.4 is 14.4 Å². The van der Waals surface area contributed by atoms with Crippen molar-refractivity contribution in [3.63, 3.8) is 0 Å². The average Bonchev–Trinajstić information content (AvgIpc) is 2.77. The zero-order chi connectivity index (χ0) is 24.8. The SMILES string of the molecule is OC(CN(Cc1cccc(OCC(F)(F)F)c1)c1cccc(Oc2ccccc2)c1)C(F)(F)F. The zero-order valence-corrected chi connectivity index (χ0v) is 17.7. The molecule has 0 fully saturated rings. The quantitative estimate of drug-likeness (QED) is 0.359. The highest BCUT2D eigenvalue weighted by molar-refractivity contribution is 5.52. The van der Waals surface area contributed by atoms with Crippen LogP contribution in [-0.2, 0) is 6.54 Å². The van der Waals surface area contributed by atoms with Gasteiger partial charge in [0.15, 0.2) is 12.7 Å². The maximum absolute atomic E-state index is 13.1. The van der Waals surface area contributed by atoms with Crippen molar-refractivity contribution in [2.75, 3.05) is 18.1 Å². The monoisotopic (exact) mass is 485 g/mol. The minimum Gasteiger partial charge on any atom is -0.484 e. The number of benzene rings is 3. The number of halogens is 6. The highest BCUT2D eigenvalue weighted by atomic mass is 19.4. The summed E-state index contributed by atoms with van der Waals surface area (Å²) in [6.45, 7) is -2.43. The van der Waals surface area contributed by atoms with E-state index in [4.69, 9.17) is 9.47 Å². The van der Waals surface area contributed by atoms with Crippen molar-refractivity contribution in [1.82, 2.24) is 0 Å². The van der Waals surface area contributed by atoms with Gasteiger partial charge in [-0.1, -0.05) is 36.4 Å². The summed E-state index contributed by atoms with van der Waals surface area (Å²) < 4.78 is 87.0. The maximum Gasteiger partial charge on any atom is 0.422 e. The van der Waals surface area contributed by atoms with Crippen molar-refractivity contribution in [3.05, 3.63) is 84.4 Å². The van der Waals surface area contributed by atoms with Crippen LogP contribution in [0.15, 0.2) is 78.9 Å². The minimum absolute atomic E-state index is 0.0766. The van der Waals surface area contributed by atoms with Gasteiger partial charge in [-0.25, -0.2) is 0 Å². The van der Waals surface area contributed by atoms with Gasteiger partial charge in [0.2, 0.25) is 0 Å². The number of alkyl halides is 6. The largest absolute Gasteiger partial charge is 0.484 e. The lowest BCUT2D eigenvalue weighted by Crippen LogP contribution is -2.40. The van der Waals surface area contributed by atoms with Crippen LogP contribution in [0.1, 0.15) is 5.56 Å². The fourth-order valence-corrected chi connectivity index (χ4v) is 3.06. The van der Waals surface area contributed by atoms with E-state index in [1.54, 1.807) is 48.5 Å². The third-order valence-electron chi connectivity index (χ3n) is 4.61. The normalized spacial score (nSPS) is 12.8. The molecule has 0 radical (unpaired) electrons. The van der Waals surface area contributed by atoms with Crippen molar-refractivity contribution in [3.8, 4) is 17.2 Å². The first kappa shape index (κ1) is 25.2. The summed E-state index contributed by atoms with van der Waals surface area (Å²) in [4.78, 5) is 1.26. The Hall–Kier alpha value is -3.40. The lowest BCUT2D eigenvalue weighted by atomic mass is 10.1. The van der Waals surface area contributed by atoms with Crippen LogP contribution in [0.25, 0.3) is 0 Å². The average molecular weight is 485 g/mol. The molecule has 182 valence electrons. The molecule has 0 saturated carbocycles. The van der Waals surface area contributed by atoms with Gasteiger partial charge in [-0.15, -0.1) is 0 Å². The summed E-state index contributed by atoms with van der Waals surface area (Å²) in [7, 11) is 0. The first-order chi connectivity index (χ1) is 16.0. The summed E-state index contributed by atoms with van der Waals surface area (Å²) in [6, 6.07) is 20.6. The Morgan fingerprint density at radius 3 is 2.09 bits per heavy atom. The Kier molecular flexibility index (Phi) is 7.93. The van der Waals surface area contributed by atoms with E-state index in [2.05, 4.69) is 0 Å². The number of aliphatic hydroxyl groups excluding tert-OH is 1. The van der Waals surface area contributed by atoms with E-state index in [1.807, 2.05) is 0 Å². The fourth-order valence-electron chi connectivity index (χ4n) is 3.06. The van der Waals surface area contributed by atoms with E-state index >= 15 is 0 Å². The molecule has 0 aliphatic rings. The number of hydrogen-bond donors (Lipinski definition) is 1. The molecule has 0 aromatic heterocycles. The van der Waals surface area contributed by atoms with E-state index < -0.39 is 31.6 Å². The molecule has 0 heterocycles. The third kappa shape index (κ3) is 7.87. The molecule has 34 heavy (non-hydrogen) atoms. The lowest BCUT2D eigenvalue weighted by Gasteiger charge is -2.29. The molecule has 3 aromatic rings. The molecule has 1 N–H and O–H groups in total. The van der Waals surface area contributed by atoms with Crippen LogP contribution in [0.2, 0.25) is 0 Å². The number of nitrogens with zero attached hydrogens (tertiary/aromatic N) is 1. The van der Waals surface area contributed by atoms with Gasteiger partial charge < -0.3 is 19.5 Å². The number of hydrogen-bond acceptors (Lipinski definition) is 4. The van der Waals surface area contributed by atoms with E-state index in [9.17, 15) is 31.4 Å². The Labute approximate surface area is 192 Å². The molecule has 1 unspecified atom stereocenters. The first-order valence-electron chi connectivity index (χ1n) is 10.1. The third-order valence-corrected chi connectivity index (χ3v) is 4.61. The second-order valence-corrected chi connectivity index (χ2v) is 7.40. The molecule has 0 bridgehead atoms. The zero-order valence-electron chi connectivity index (χ0n) is 17.7. The summed E-state index contributed by atoms with van der Waals surface area (Å²) >= 11 is 0. The van der Waals surface area contributed by atoms with Gasteiger partial charge in [0.1, 0.15) is 17.2 Å². The van der Waals surface area contributed by atoms with Gasteiger partial charge in [0.25, 0.3) is 0 Å². The van der Waals surface area contributed by atoms with Gasteiger partial charge in [0.05, 0.1) is 6.54 Å². The van der Waals surface area contributed by atoms with E-state index in [-0.39, 0.29) is 12.3 Å². The molecule has 0 aliphatic heterocycles. The first-order valence-corrected chi connectivity index (χ1v) is 10.1. The van der Waals surface area contributed by atoms with E-state index in [1.165, 1.54) is 35.2 Å². The number of para-hydroxylation sites is 1. The Balaban J connectivity index is 1.84. The van der Waals surface area contributed by atoms with Crippen molar-refractivity contribution < 1.29 is 40.9 Å². The Morgan fingerprint density at radius 2 is 1.41 bits per heavy atom. The molecule has 3 rings (SSSR count). The standard InChI is InChI=1S/C24H21F6NO3/c25-23(26,27)16-33-20-10-4-6-17(12-20)14-31(15-22(32)24(28,29)30)18-7-5-11-21(13-18)34-19-8-2-1-3-9-19/h1-13,22,32H,14-16H2. The smallest absolute Gasteiger partial charge is 0.422 e. The second-order valence-electron chi connectivity index (χ2n) is 7.40. The van der Waals surface area contributed by atoms with Crippen LogP contribution in [0, 0.1) is 0 Å². The second kappa shape index (κ2) is 10.7. The lowest BCUT2D eigenvalue weighted by molar-refractivity contribution is -0.200. The van der Waals surface area contributed by atoms with E-state index in [0.717, 1.165) is 0 Å². The Morgan fingerprint density at radius 1 is 0.765 bits per heavy atom. The number of anilines is 1. The van der Waals surface area contributed by atoms with Gasteiger partial charge in [-0.2, -0.15) is 26.3 Å². The number of rotatable bonds is 9. The van der Waals surface area contributed by atoms with E-state index in [0.29, 0.717) is 22.7 Å². The minimum atomic E-state index is -4.85. The summed E-state index contributed by atoms with van der Waals surface area (Å²) in [5.41, 5.74) is 0.710. The highest BCUT2D eigenvalue weighted by Crippen LogP contribution is 2.30. The van der Waals surface area contributed by atoms with Crippen molar-refractivity contribution in [2.45, 2.75) is 25.0 Å². The van der Waals surface area contributed by atoms with Crippen LogP contribution in [0.5, 0.6) is 17.2 Å². The summed E-state index contributed by atoms with van der Waals surface area (Å²) in [5.74, 6) is 0.806. The van der Waals surface area contributed by atoms with Gasteiger partial charge in [0, 0.05) is 18.3 Å². The van der Waals surface area contributed by atoms with Crippen LogP contribution in [-0.4, -0.2) is 36.7 Å². The number of ether oxygens (including phenoxy) is 2. The van der Waals surface area contributed by atoms with Gasteiger partial charge in [-0.3, -0.25) is 0 Å².